The van der Waals surface area contributed by atoms with E-state index in [0.717, 1.165) is 30.1 Å². The van der Waals surface area contributed by atoms with Crippen molar-refractivity contribution in [3.63, 3.8) is 0 Å². The zero-order valence-electron chi connectivity index (χ0n) is 22.5. The number of hydrogen-bond donors (Lipinski definition) is 2. The Labute approximate surface area is 217 Å². The van der Waals surface area contributed by atoms with Crippen molar-refractivity contribution < 1.29 is 9.13 Å². The third-order valence-electron chi connectivity index (χ3n) is 6.28. The molecule has 0 spiro atoms. The minimum atomic E-state index is -0.383. The predicted molar refractivity (Wildman–Crippen MR) is 148 cm³/mol. The lowest BCUT2D eigenvalue weighted by molar-refractivity contribution is 0.413. The fourth-order valence-electron chi connectivity index (χ4n) is 4.42. The van der Waals surface area contributed by atoms with Crippen LogP contribution in [0.15, 0.2) is 36.5 Å². The van der Waals surface area contributed by atoms with Crippen molar-refractivity contribution >= 4 is 34.0 Å². The van der Waals surface area contributed by atoms with Crippen molar-refractivity contribution in [1.82, 2.24) is 24.4 Å². The van der Waals surface area contributed by atoms with Crippen LogP contribution in [0.4, 0.5) is 27.4 Å². The van der Waals surface area contributed by atoms with Gasteiger partial charge in [-0.15, -0.1) is 0 Å². The van der Waals surface area contributed by atoms with E-state index in [0.29, 0.717) is 39.8 Å². The maximum absolute atomic E-state index is 15.0. The van der Waals surface area contributed by atoms with E-state index in [-0.39, 0.29) is 11.9 Å². The summed E-state index contributed by atoms with van der Waals surface area (Å²) in [6.07, 6.45) is 1.64. The van der Waals surface area contributed by atoms with Gasteiger partial charge in [0.2, 0.25) is 5.95 Å². The molecule has 10 heteroatoms. The van der Waals surface area contributed by atoms with Crippen molar-refractivity contribution in [2.45, 2.75) is 26.8 Å². The van der Waals surface area contributed by atoms with Gasteiger partial charge < -0.3 is 30.2 Å². The number of imidazole rings is 1. The minimum Gasteiger partial charge on any atom is -0.494 e. The average molecular weight is 507 g/mol. The van der Waals surface area contributed by atoms with E-state index >= 15 is 4.39 Å². The summed E-state index contributed by atoms with van der Waals surface area (Å²) >= 11 is 0. The van der Waals surface area contributed by atoms with E-state index in [1.54, 1.807) is 19.4 Å². The Morgan fingerprint density at radius 1 is 1.11 bits per heavy atom. The van der Waals surface area contributed by atoms with Crippen molar-refractivity contribution in [1.29, 1.82) is 0 Å². The molecule has 0 amide bonds. The van der Waals surface area contributed by atoms with Gasteiger partial charge in [0.05, 0.1) is 35.4 Å². The Morgan fingerprint density at radius 3 is 2.54 bits per heavy atom. The molecule has 9 nitrogen and oxygen atoms in total. The molecule has 0 fully saturated rings. The number of methoxy groups -OCH3 is 1. The van der Waals surface area contributed by atoms with Crippen LogP contribution in [0.2, 0.25) is 0 Å². The molecule has 2 aromatic carbocycles. The van der Waals surface area contributed by atoms with Gasteiger partial charge in [-0.25, -0.2) is 19.3 Å². The monoisotopic (exact) mass is 506 g/mol. The van der Waals surface area contributed by atoms with Crippen LogP contribution in [-0.4, -0.2) is 65.8 Å². The Bertz CT molecular complexity index is 1420. The lowest BCUT2D eigenvalue weighted by atomic mass is 10.1. The molecule has 37 heavy (non-hydrogen) atoms. The van der Waals surface area contributed by atoms with Crippen molar-refractivity contribution in [2.24, 2.45) is 0 Å². The number of nitrogens with zero attached hydrogens (tertiary/aromatic N) is 6. The number of halogens is 1. The van der Waals surface area contributed by atoms with Crippen LogP contribution >= 0.6 is 0 Å². The van der Waals surface area contributed by atoms with E-state index in [2.05, 4.69) is 43.9 Å². The number of fused-ring (bicyclic) bond motifs is 1. The molecule has 0 radical (unpaired) electrons. The first-order valence-corrected chi connectivity index (χ1v) is 12.2. The maximum Gasteiger partial charge on any atom is 0.227 e. The van der Waals surface area contributed by atoms with Gasteiger partial charge in [-0.1, -0.05) is 0 Å². The number of nitrogens with two attached hydrogens (primary N) is 1. The Hall–Kier alpha value is -3.92. The Morgan fingerprint density at radius 2 is 1.86 bits per heavy atom. The number of nitrogens with one attached hydrogen (secondary N) is 1. The van der Waals surface area contributed by atoms with Gasteiger partial charge in [0, 0.05) is 44.0 Å². The number of rotatable bonds is 9. The van der Waals surface area contributed by atoms with Gasteiger partial charge in [0.1, 0.15) is 17.1 Å². The first kappa shape index (κ1) is 26.2. The molecule has 0 unspecified atom stereocenters. The summed E-state index contributed by atoms with van der Waals surface area (Å²) < 4.78 is 22.7. The topological polar surface area (TPSA) is 97.4 Å². The number of aryl methyl sites for hydroxylation is 1. The molecule has 0 atom stereocenters. The van der Waals surface area contributed by atoms with Crippen molar-refractivity contribution in [2.75, 3.05) is 57.3 Å². The summed E-state index contributed by atoms with van der Waals surface area (Å²) in [6, 6.07) is 8.99. The van der Waals surface area contributed by atoms with Crippen LogP contribution in [-0.2, 0) is 0 Å². The first-order valence-electron chi connectivity index (χ1n) is 12.2. The summed E-state index contributed by atoms with van der Waals surface area (Å²) in [7, 11) is 7.67. The number of aromatic nitrogens is 4. The highest BCUT2D eigenvalue weighted by Gasteiger charge is 2.17. The maximum atomic E-state index is 15.0. The standard InChI is InChI=1S/C27H35FN8O/c1-16(2)36-17(3)31-26-19(28)12-18(13-24(26)36)21-8-9-30-27(32-21)33-22-14-20(29)23(15-25(22)37-7)35(6)11-10-34(4)5/h8-9,12-16H,10-11,29H2,1-7H3,(H,30,32,33). The zero-order chi connectivity index (χ0) is 26.9. The molecule has 0 saturated heterocycles. The molecule has 0 saturated carbocycles. The molecule has 4 aromatic rings. The SMILES string of the molecule is COc1cc(N(C)CCN(C)C)c(N)cc1Nc1nccc(-c2cc(F)c3nc(C)n(C(C)C)c3c2)n1. The Balaban J connectivity index is 1.66. The zero-order valence-corrected chi connectivity index (χ0v) is 22.5. The van der Waals surface area contributed by atoms with E-state index < -0.39 is 0 Å². The fourth-order valence-corrected chi connectivity index (χ4v) is 4.42. The van der Waals surface area contributed by atoms with Gasteiger partial charge >= 0.3 is 0 Å². The lowest BCUT2D eigenvalue weighted by Gasteiger charge is -2.24. The van der Waals surface area contributed by atoms with Gasteiger partial charge in [-0.2, -0.15) is 0 Å². The quantitative estimate of drug-likeness (QED) is 0.311. The van der Waals surface area contributed by atoms with E-state index in [9.17, 15) is 0 Å². The molecular weight excluding hydrogens is 471 g/mol. The highest BCUT2D eigenvalue weighted by Crippen LogP contribution is 2.36. The second-order valence-corrected chi connectivity index (χ2v) is 9.68. The van der Waals surface area contributed by atoms with Crippen LogP contribution in [0.1, 0.15) is 25.7 Å². The van der Waals surface area contributed by atoms with Crippen LogP contribution in [0.25, 0.3) is 22.3 Å². The molecule has 0 aliphatic carbocycles. The second kappa shape index (κ2) is 10.6. The Kier molecular flexibility index (Phi) is 7.49. The van der Waals surface area contributed by atoms with E-state index in [4.69, 9.17) is 10.5 Å². The molecule has 0 bridgehead atoms. The van der Waals surface area contributed by atoms with Crippen LogP contribution in [0.3, 0.4) is 0 Å². The summed E-state index contributed by atoms with van der Waals surface area (Å²) in [5, 5.41) is 3.21. The molecule has 0 aliphatic rings. The smallest absolute Gasteiger partial charge is 0.227 e. The summed E-state index contributed by atoms with van der Waals surface area (Å²) in [6.45, 7) is 7.69. The largest absolute Gasteiger partial charge is 0.494 e. The summed E-state index contributed by atoms with van der Waals surface area (Å²) in [5.41, 5.74) is 10.8. The summed E-state index contributed by atoms with van der Waals surface area (Å²) in [4.78, 5) is 17.6. The number of hydrogen-bond acceptors (Lipinski definition) is 8. The third-order valence-corrected chi connectivity index (χ3v) is 6.28. The predicted octanol–water partition coefficient (Wildman–Crippen LogP) is 4.85. The molecule has 2 aromatic heterocycles. The van der Waals surface area contributed by atoms with Gasteiger partial charge in [0.15, 0.2) is 5.82 Å². The van der Waals surface area contributed by atoms with Crippen molar-refractivity contribution in [3.8, 4) is 17.0 Å². The number of ether oxygens (including phenoxy) is 1. The molecular formula is C27H35FN8O. The lowest BCUT2D eigenvalue weighted by Crippen LogP contribution is -2.29. The van der Waals surface area contributed by atoms with Crippen LogP contribution in [0.5, 0.6) is 5.75 Å². The highest BCUT2D eigenvalue weighted by molar-refractivity contribution is 5.83. The second-order valence-electron chi connectivity index (χ2n) is 9.68. The highest BCUT2D eigenvalue weighted by atomic mass is 19.1. The van der Waals surface area contributed by atoms with Crippen LogP contribution in [0, 0.1) is 12.7 Å². The minimum absolute atomic E-state index is 0.144. The van der Waals surface area contributed by atoms with Crippen LogP contribution < -0.4 is 20.7 Å². The number of anilines is 4. The van der Waals surface area contributed by atoms with Gasteiger partial charge in [-0.05, 0) is 59.1 Å². The molecule has 0 aliphatic heterocycles. The van der Waals surface area contributed by atoms with Crippen molar-refractivity contribution in [3.05, 3.63) is 48.2 Å². The molecule has 2 heterocycles. The van der Waals surface area contributed by atoms with E-state index in [1.807, 2.05) is 50.8 Å². The molecule has 3 N–H and O–H groups in total. The van der Waals surface area contributed by atoms with Gasteiger partial charge in [0.25, 0.3) is 0 Å². The number of benzene rings is 2. The number of likely N-dealkylation sites (N-methyl/N-ethyl adjacent to an activating group) is 2. The first-order chi connectivity index (χ1) is 17.6. The average Bonchev–Trinajstić information content (AvgIpc) is 3.19. The third kappa shape index (κ3) is 5.43. The molecule has 4 rings (SSSR count). The normalized spacial score (nSPS) is 11.5. The number of nitrogen functional groups attached to an aromatic ring is 1. The fraction of sp³-hybridized carbons (Fsp3) is 0.370. The van der Waals surface area contributed by atoms with E-state index in [1.165, 1.54) is 6.07 Å². The van der Waals surface area contributed by atoms with Gasteiger partial charge in [-0.3, -0.25) is 0 Å². The molecule has 196 valence electrons. The summed E-state index contributed by atoms with van der Waals surface area (Å²) in [5.74, 6) is 1.34.